The van der Waals surface area contributed by atoms with Gasteiger partial charge in [-0.1, -0.05) is 11.6 Å². The van der Waals surface area contributed by atoms with Gasteiger partial charge in [-0.2, -0.15) is 5.26 Å². The Morgan fingerprint density at radius 3 is 2.04 bits per heavy atom. The van der Waals surface area contributed by atoms with Crippen LogP contribution in [0.25, 0.3) is 0 Å². The Labute approximate surface area is 139 Å². The summed E-state index contributed by atoms with van der Waals surface area (Å²) >= 11 is 5.75. The molecule has 0 unspecified atom stereocenters. The normalized spacial score (nSPS) is 21.6. The molecule has 1 heterocycles. The third-order valence-corrected chi connectivity index (χ3v) is 2.82. The minimum atomic E-state index is -2.29. The van der Waals surface area contributed by atoms with Crippen LogP contribution in [-0.4, -0.2) is 39.6 Å². The summed E-state index contributed by atoms with van der Waals surface area (Å²) in [5.41, 5.74) is -4.14. The molecule has 0 saturated heterocycles. The lowest BCUT2D eigenvalue weighted by molar-refractivity contribution is -0.164. The number of rotatable bonds is 1. The molecule has 0 bridgehead atoms. The number of hydrogen-bond donors (Lipinski definition) is 0. The maximum atomic E-state index is 12.4. The van der Waals surface area contributed by atoms with Gasteiger partial charge in [0, 0.05) is 0 Å². The third-order valence-electron chi connectivity index (χ3n) is 2.55. The van der Waals surface area contributed by atoms with Crippen LogP contribution >= 0.6 is 11.6 Å². The van der Waals surface area contributed by atoms with E-state index in [1.807, 2.05) is 0 Å². The molecule has 0 fully saturated rings. The van der Waals surface area contributed by atoms with Crippen molar-refractivity contribution in [2.45, 2.75) is 58.3 Å². The molecule has 0 aromatic rings. The highest BCUT2D eigenvalue weighted by Gasteiger charge is 2.57. The molecule has 0 N–H and O–H groups in total. The monoisotopic (exact) mass is 342 g/mol. The summed E-state index contributed by atoms with van der Waals surface area (Å²) in [4.78, 5) is 37.3. The molecule has 0 radical (unpaired) electrons. The van der Waals surface area contributed by atoms with Gasteiger partial charge in [-0.05, 0) is 47.6 Å². The number of nitriles is 1. The van der Waals surface area contributed by atoms with E-state index >= 15 is 0 Å². The third kappa shape index (κ3) is 4.02. The average molecular weight is 343 g/mol. The first-order valence-electron chi connectivity index (χ1n) is 6.84. The molecule has 0 aliphatic carbocycles. The van der Waals surface area contributed by atoms with Crippen LogP contribution in [0.1, 0.15) is 41.5 Å². The molecule has 126 valence electrons. The van der Waals surface area contributed by atoms with Crippen molar-refractivity contribution in [2.24, 2.45) is 0 Å². The van der Waals surface area contributed by atoms with Crippen LogP contribution in [0.5, 0.6) is 0 Å². The molecule has 7 nitrogen and oxygen atoms in total. The Bertz CT molecular complexity index is 621. The van der Waals surface area contributed by atoms with Crippen molar-refractivity contribution in [3.05, 3.63) is 11.1 Å². The van der Waals surface area contributed by atoms with Crippen LogP contribution in [-0.2, 0) is 19.1 Å². The number of imide groups is 1. The van der Waals surface area contributed by atoms with Crippen molar-refractivity contribution in [2.75, 3.05) is 0 Å². The number of carbonyl (C=O) groups excluding carboxylic acids is 3. The number of esters is 1. The quantitative estimate of drug-likeness (QED) is 0.679. The van der Waals surface area contributed by atoms with Crippen LogP contribution in [0.3, 0.4) is 0 Å². The topological polar surface area (TPSA) is 96.7 Å². The van der Waals surface area contributed by atoms with E-state index in [4.69, 9.17) is 21.1 Å². The van der Waals surface area contributed by atoms with Gasteiger partial charge in [0.05, 0.1) is 0 Å². The van der Waals surface area contributed by atoms with E-state index < -0.39 is 39.7 Å². The van der Waals surface area contributed by atoms with Crippen molar-refractivity contribution in [3.8, 4) is 6.07 Å². The van der Waals surface area contributed by atoms with Gasteiger partial charge in [0.2, 0.25) is 0 Å². The number of nitrogens with zero attached hydrogens (tertiary/aromatic N) is 2. The van der Waals surface area contributed by atoms with E-state index in [9.17, 15) is 19.6 Å². The highest BCUT2D eigenvalue weighted by atomic mass is 35.5. The molecule has 0 saturated carbocycles. The summed E-state index contributed by atoms with van der Waals surface area (Å²) < 4.78 is 10.2. The lowest BCUT2D eigenvalue weighted by atomic mass is 10.0. The highest BCUT2D eigenvalue weighted by Crippen LogP contribution is 2.34. The minimum absolute atomic E-state index is 0.384. The number of halogens is 1. The number of ether oxygens (including phenoxy) is 2. The molecule has 0 spiro atoms. The molecule has 0 aromatic carbocycles. The van der Waals surface area contributed by atoms with Gasteiger partial charge >= 0.3 is 12.1 Å². The zero-order valence-electron chi connectivity index (χ0n) is 13.9. The van der Waals surface area contributed by atoms with E-state index in [1.165, 1.54) is 0 Å². The predicted molar refractivity (Wildman–Crippen MR) is 81.2 cm³/mol. The Hall–Kier alpha value is -2.07. The number of hydrogen-bond acceptors (Lipinski definition) is 6. The molecule has 1 aliphatic heterocycles. The van der Waals surface area contributed by atoms with Gasteiger partial charge in [0.25, 0.3) is 11.4 Å². The summed E-state index contributed by atoms with van der Waals surface area (Å²) in [6.45, 7) is 9.54. The van der Waals surface area contributed by atoms with E-state index in [1.54, 1.807) is 47.6 Å². The van der Waals surface area contributed by atoms with Gasteiger partial charge in [-0.15, -0.1) is 0 Å². The minimum Gasteiger partial charge on any atom is -0.457 e. The van der Waals surface area contributed by atoms with Crippen LogP contribution < -0.4 is 0 Å². The van der Waals surface area contributed by atoms with Crippen molar-refractivity contribution in [1.82, 2.24) is 4.90 Å². The fourth-order valence-electron chi connectivity index (χ4n) is 1.75. The Kier molecular flexibility index (Phi) is 4.83. The van der Waals surface area contributed by atoms with Crippen molar-refractivity contribution < 1.29 is 23.9 Å². The molecule has 8 heteroatoms. The molecule has 1 rings (SSSR count). The summed E-state index contributed by atoms with van der Waals surface area (Å²) in [6.07, 6.45) is -0.253. The van der Waals surface area contributed by atoms with Crippen molar-refractivity contribution in [1.29, 1.82) is 5.26 Å². The standard InChI is InChI=1S/C15H19ClN2O5/c1-13(2,3)22-11(20)15(8-17)7-9(16)10(19)18(15)12(21)23-14(4,5)6/h7H,1-6H3/t15-/m1/s1. The zero-order valence-corrected chi connectivity index (χ0v) is 14.6. The van der Waals surface area contributed by atoms with Gasteiger partial charge in [0.15, 0.2) is 0 Å². The first-order valence-corrected chi connectivity index (χ1v) is 7.22. The largest absolute Gasteiger partial charge is 0.457 e. The molecule has 2 amide bonds. The van der Waals surface area contributed by atoms with Gasteiger partial charge in [-0.3, -0.25) is 4.79 Å². The molecule has 1 aliphatic rings. The SMILES string of the molecule is CC(C)(C)OC(=O)N1C(=O)C(Cl)=C[C@@]1(C#N)C(=O)OC(C)(C)C. The molecule has 0 aromatic heterocycles. The predicted octanol–water partition coefficient (Wildman–Crippen LogP) is 2.49. The average Bonchev–Trinajstić information content (AvgIpc) is 2.58. The van der Waals surface area contributed by atoms with Crippen molar-refractivity contribution in [3.63, 3.8) is 0 Å². The summed E-state index contributed by atoms with van der Waals surface area (Å²) in [7, 11) is 0. The van der Waals surface area contributed by atoms with Gasteiger partial charge in [-0.25, -0.2) is 14.5 Å². The second-order valence-corrected chi connectivity index (χ2v) is 7.40. The molecule has 23 heavy (non-hydrogen) atoms. The Balaban J connectivity index is 3.32. The van der Waals surface area contributed by atoms with Crippen LogP contribution in [0.15, 0.2) is 11.1 Å². The van der Waals surface area contributed by atoms with E-state index in [0.29, 0.717) is 4.90 Å². The van der Waals surface area contributed by atoms with Crippen molar-refractivity contribution >= 4 is 29.6 Å². The van der Waals surface area contributed by atoms with Crippen LogP contribution in [0.4, 0.5) is 4.79 Å². The lowest BCUT2D eigenvalue weighted by Crippen LogP contribution is -2.57. The smallest absolute Gasteiger partial charge is 0.419 e. The highest BCUT2D eigenvalue weighted by molar-refractivity contribution is 6.44. The maximum Gasteiger partial charge on any atom is 0.419 e. The molecular formula is C15H19ClN2O5. The van der Waals surface area contributed by atoms with Crippen LogP contribution in [0, 0.1) is 11.3 Å². The lowest BCUT2D eigenvalue weighted by Gasteiger charge is -2.32. The second-order valence-electron chi connectivity index (χ2n) is 6.99. The molecule has 1 atom stereocenters. The van der Waals surface area contributed by atoms with Gasteiger partial charge in [0.1, 0.15) is 22.3 Å². The number of amides is 2. The maximum absolute atomic E-state index is 12.4. The molecular weight excluding hydrogens is 324 g/mol. The van der Waals surface area contributed by atoms with E-state index in [2.05, 4.69) is 0 Å². The number of carbonyl (C=O) groups is 3. The fourth-order valence-corrected chi connectivity index (χ4v) is 1.99. The zero-order chi connectivity index (χ0) is 18.2. The van der Waals surface area contributed by atoms with E-state index in [0.717, 1.165) is 6.08 Å². The summed E-state index contributed by atoms with van der Waals surface area (Å²) in [5, 5.41) is 9.05. The Morgan fingerprint density at radius 2 is 1.65 bits per heavy atom. The second kappa shape index (κ2) is 5.85. The van der Waals surface area contributed by atoms with Gasteiger partial charge < -0.3 is 9.47 Å². The van der Waals surface area contributed by atoms with E-state index in [-0.39, 0.29) is 0 Å². The first-order chi connectivity index (χ1) is 10.2. The Morgan fingerprint density at radius 1 is 1.17 bits per heavy atom. The fraction of sp³-hybridized carbons (Fsp3) is 0.600. The summed E-state index contributed by atoms with van der Waals surface area (Å²) in [6, 6.07) is 1.65. The first kappa shape index (κ1) is 19.0. The van der Waals surface area contributed by atoms with Crippen LogP contribution in [0.2, 0.25) is 0 Å². The summed E-state index contributed by atoms with van der Waals surface area (Å²) in [5.74, 6) is -2.07.